The Labute approximate surface area is 64.2 Å². The fourth-order valence-corrected chi connectivity index (χ4v) is 0.915. The summed E-state index contributed by atoms with van der Waals surface area (Å²) in [6.07, 6.45) is 0.633. The van der Waals surface area contributed by atoms with Crippen LogP contribution < -0.4 is 0 Å². The molecule has 1 heterocycles. The third-order valence-corrected chi connectivity index (χ3v) is 1.76. The summed E-state index contributed by atoms with van der Waals surface area (Å²) in [5.41, 5.74) is 0. The minimum Gasteiger partial charge on any atom is -0.481 e. The van der Waals surface area contributed by atoms with E-state index in [-0.39, 0.29) is 12.2 Å². The van der Waals surface area contributed by atoms with Crippen LogP contribution in [-0.4, -0.2) is 29.6 Å². The Morgan fingerprint density at radius 3 is 2.82 bits per heavy atom. The number of aliphatic carboxylic acids is 1. The highest BCUT2D eigenvalue weighted by Gasteiger charge is 2.40. The van der Waals surface area contributed by atoms with Gasteiger partial charge in [-0.05, 0) is 6.42 Å². The van der Waals surface area contributed by atoms with Crippen LogP contribution in [0.25, 0.3) is 0 Å². The molecule has 11 heavy (non-hydrogen) atoms. The lowest BCUT2D eigenvalue weighted by atomic mass is 10.1. The number of epoxide rings is 1. The fourth-order valence-electron chi connectivity index (χ4n) is 0.915. The van der Waals surface area contributed by atoms with Gasteiger partial charge in [0.25, 0.3) is 0 Å². The van der Waals surface area contributed by atoms with E-state index in [9.17, 15) is 9.59 Å². The van der Waals surface area contributed by atoms with Crippen LogP contribution in [0.1, 0.15) is 13.3 Å². The average molecular weight is 158 g/mol. The molecule has 0 saturated carbocycles. The van der Waals surface area contributed by atoms with Crippen molar-refractivity contribution in [3.8, 4) is 0 Å². The van der Waals surface area contributed by atoms with E-state index in [1.165, 1.54) is 0 Å². The minimum absolute atomic E-state index is 0.154. The summed E-state index contributed by atoms with van der Waals surface area (Å²) in [4.78, 5) is 20.4. The zero-order chi connectivity index (χ0) is 8.43. The Kier molecular flexibility index (Phi) is 2.24. The second kappa shape index (κ2) is 3.00. The van der Waals surface area contributed by atoms with Crippen molar-refractivity contribution in [1.82, 2.24) is 0 Å². The van der Waals surface area contributed by atoms with Gasteiger partial charge >= 0.3 is 5.97 Å². The molecular weight excluding hydrogens is 148 g/mol. The third kappa shape index (κ3) is 2.01. The van der Waals surface area contributed by atoms with Crippen LogP contribution in [0, 0.1) is 5.92 Å². The predicted octanol–water partition coefficient (Wildman–Crippen LogP) is 0.0635. The molecular formula is C7H10O4. The van der Waals surface area contributed by atoms with E-state index in [4.69, 9.17) is 9.84 Å². The number of carbonyl (C=O) groups excluding carboxylic acids is 1. The first kappa shape index (κ1) is 8.20. The molecule has 1 saturated heterocycles. The summed E-state index contributed by atoms with van der Waals surface area (Å²) in [6.45, 7) is 1.60. The van der Waals surface area contributed by atoms with E-state index in [1.807, 2.05) is 0 Å². The van der Waals surface area contributed by atoms with Crippen molar-refractivity contribution in [2.45, 2.75) is 25.6 Å². The van der Waals surface area contributed by atoms with E-state index in [0.29, 0.717) is 12.7 Å². The Morgan fingerprint density at radius 2 is 2.45 bits per heavy atom. The lowest BCUT2D eigenvalue weighted by Gasteiger charge is -2.00. The van der Waals surface area contributed by atoms with Crippen LogP contribution in [0.4, 0.5) is 0 Å². The van der Waals surface area contributed by atoms with E-state index in [2.05, 4.69) is 0 Å². The van der Waals surface area contributed by atoms with Gasteiger partial charge in [-0.3, -0.25) is 4.79 Å². The first-order chi connectivity index (χ1) is 5.15. The number of hydrogen-bond donors (Lipinski definition) is 1. The van der Waals surface area contributed by atoms with Crippen molar-refractivity contribution >= 4 is 12.3 Å². The third-order valence-electron chi connectivity index (χ3n) is 1.76. The van der Waals surface area contributed by atoms with Crippen LogP contribution in [0.2, 0.25) is 0 Å². The number of carboxylic acid groups (broad SMARTS) is 1. The van der Waals surface area contributed by atoms with Crippen molar-refractivity contribution in [2.75, 3.05) is 0 Å². The first-order valence-electron chi connectivity index (χ1n) is 3.48. The molecule has 0 aromatic heterocycles. The predicted molar refractivity (Wildman–Crippen MR) is 36.1 cm³/mol. The lowest BCUT2D eigenvalue weighted by molar-refractivity contribution is -0.141. The van der Waals surface area contributed by atoms with Crippen LogP contribution in [0.5, 0.6) is 0 Å². The molecule has 0 spiro atoms. The van der Waals surface area contributed by atoms with Gasteiger partial charge in [-0.2, -0.15) is 0 Å². The smallest absolute Gasteiger partial charge is 0.306 e. The molecule has 1 aliphatic rings. The number of carbonyl (C=O) groups is 2. The second-order valence-electron chi connectivity index (χ2n) is 2.75. The van der Waals surface area contributed by atoms with Crippen LogP contribution >= 0.6 is 0 Å². The summed E-state index contributed by atoms with van der Waals surface area (Å²) < 4.78 is 4.86. The monoisotopic (exact) mass is 158 g/mol. The molecule has 0 radical (unpaired) electrons. The number of carboxylic acids is 1. The molecule has 0 aromatic carbocycles. The molecule has 0 aromatic rings. The molecule has 62 valence electrons. The van der Waals surface area contributed by atoms with Gasteiger partial charge in [0, 0.05) is 0 Å². The standard InChI is InChI=1S/C7H10O4/c1-4(7(9)10)2-5-6(3-8)11-5/h3-6H,2H2,1H3,(H,9,10). The van der Waals surface area contributed by atoms with Gasteiger partial charge < -0.3 is 14.6 Å². The van der Waals surface area contributed by atoms with Gasteiger partial charge in [0.15, 0.2) is 6.29 Å². The average Bonchev–Trinajstić information content (AvgIpc) is 2.67. The zero-order valence-corrected chi connectivity index (χ0v) is 6.19. The molecule has 1 N–H and O–H groups in total. The molecule has 4 heteroatoms. The van der Waals surface area contributed by atoms with E-state index in [0.717, 1.165) is 0 Å². The summed E-state index contributed by atoms with van der Waals surface area (Å²) in [5.74, 6) is -1.27. The first-order valence-corrected chi connectivity index (χ1v) is 3.48. The maximum absolute atomic E-state index is 10.3. The highest BCUT2D eigenvalue weighted by molar-refractivity contribution is 5.70. The quantitative estimate of drug-likeness (QED) is 0.464. The molecule has 3 atom stereocenters. The van der Waals surface area contributed by atoms with Gasteiger partial charge in [-0.15, -0.1) is 0 Å². The molecule has 1 rings (SSSR count). The van der Waals surface area contributed by atoms with Crippen LogP contribution in [-0.2, 0) is 14.3 Å². The van der Waals surface area contributed by atoms with E-state index in [1.54, 1.807) is 6.92 Å². The Bertz CT molecular complexity index is 177. The van der Waals surface area contributed by atoms with Crippen LogP contribution in [0.3, 0.4) is 0 Å². The Morgan fingerprint density at radius 1 is 1.82 bits per heavy atom. The maximum Gasteiger partial charge on any atom is 0.306 e. The van der Waals surface area contributed by atoms with Crippen molar-refractivity contribution in [1.29, 1.82) is 0 Å². The zero-order valence-electron chi connectivity index (χ0n) is 6.19. The van der Waals surface area contributed by atoms with E-state index >= 15 is 0 Å². The number of ether oxygens (including phenoxy) is 1. The summed E-state index contributed by atoms with van der Waals surface area (Å²) in [5, 5.41) is 8.47. The number of aldehydes is 1. The van der Waals surface area contributed by atoms with Crippen molar-refractivity contribution in [3.63, 3.8) is 0 Å². The minimum atomic E-state index is -0.842. The topological polar surface area (TPSA) is 66.9 Å². The molecule has 0 amide bonds. The van der Waals surface area contributed by atoms with Crippen molar-refractivity contribution in [2.24, 2.45) is 5.92 Å². The summed E-state index contributed by atoms with van der Waals surface area (Å²) in [6, 6.07) is 0. The lowest BCUT2D eigenvalue weighted by Crippen LogP contribution is -2.12. The van der Waals surface area contributed by atoms with Crippen molar-refractivity contribution in [3.05, 3.63) is 0 Å². The Balaban J connectivity index is 2.23. The van der Waals surface area contributed by atoms with Gasteiger partial charge in [0.2, 0.25) is 0 Å². The highest BCUT2D eigenvalue weighted by Crippen LogP contribution is 2.26. The fraction of sp³-hybridized carbons (Fsp3) is 0.714. The molecule has 0 bridgehead atoms. The maximum atomic E-state index is 10.3. The van der Waals surface area contributed by atoms with Gasteiger partial charge in [-0.25, -0.2) is 0 Å². The Hall–Kier alpha value is -0.900. The summed E-state index contributed by atoms with van der Waals surface area (Å²) >= 11 is 0. The second-order valence-corrected chi connectivity index (χ2v) is 2.75. The van der Waals surface area contributed by atoms with Gasteiger partial charge in [0.05, 0.1) is 12.0 Å². The molecule has 4 nitrogen and oxygen atoms in total. The summed E-state index contributed by atoms with van der Waals surface area (Å²) in [7, 11) is 0. The van der Waals surface area contributed by atoms with E-state index < -0.39 is 11.9 Å². The molecule has 1 fully saturated rings. The van der Waals surface area contributed by atoms with Crippen LogP contribution in [0.15, 0.2) is 0 Å². The highest BCUT2D eigenvalue weighted by atomic mass is 16.6. The van der Waals surface area contributed by atoms with Gasteiger partial charge in [0.1, 0.15) is 6.10 Å². The number of rotatable bonds is 4. The molecule has 1 aliphatic heterocycles. The SMILES string of the molecule is CC(CC1OC1C=O)C(=O)O. The largest absolute Gasteiger partial charge is 0.481 e. The van der Waals surface area contributed by atoms with Gasteiger partial charge in [-0.1, -0.05) is 6.92 Å². The normalized spacial score (nSPS) is 31.0. The number of hydrogen-bond acceptors (Lipinski definition) is 3. The molecule has 3 unspecified atom stereocenters. The van der Waals surface area contributed by atoms with Crippen molar-refractivity contribution < 1.29 is 19.4 Å². The molecule has 0 aliphatic carbocycles.